The number of amides is 1. The van der Waals surface area contributed by atoms with Gasteiger partial charge in [0.2, 0.25) is 5.91 Å². The number of hydrogen-bond acceptors (Lipinski definition) is 3. The van der Waals surface area contributed by atoms with Crippen LogP contribution in [0.15, 0.2) is 24.3 Å². The minimum absolute atomic E-state index is 0.0278. The van der Waals surface area contributed by atoms with Gasteiger partial charge in [-0.25, -0.2) is 0 Å². The number of benzene rings is 1. The summed E-state index contributed by atoms with van der Waals surface area (Å²) >= 11 is 0. The largest absolute Gasteiger partial charge is 0.494 e. The summed E-state index contributed by atoms with van der Waals surface area (Å²) in [6, 6.07) is 7.41. The van der Waals surface area contributed by atoms with Gasteiger partial charge in [0.15, 0.2) is 0 Å². The number of rotatable bonds is 7. The first kappa shape index (κ1) is 14.5. The van der Waals surface area contributed by atoms with E-state index in [-0.39, 0.29) is 5.91 Å². The van der Waals surface area contributed by atoms with Gasteiger partial charge >= 0.3 is 0 Å². The molecule has 1 amide bonds. The van der Waals surface area contributed by atoms with Gasteiger partial charge < -0.3 is 15.2 Å². The van der Waals surface area contributed by atoms with Gasteiger partial charge in [0, 0.05) is 13.5 Å². The summed E-state index contributed by atoms with van der Waals surface area (Å²) in [6.07, 6.45) is 1.46. The zero-order valence-electron chi connectivity index (χ0n) is 11.0. The van der Waals surface area contributed by atoms with Crippen molar-refractivity contribution in [3.8, 4) is 5.75 Å². The molecule has 0 saturated heterocycles. The van der Waals surface area contributed by atoms with E-state index in [1.165, 1.54) is 0 Å². The molecule has 0 bridgehead atoms. The van der Waals surface area contributed by atoms with Gasteiger partial charge in [-0.05, 0) is 30.5 Å². The molecule has 1 atom stereocenters. The van der Waals surface area contributed by atoms with Crippen LogP contribution in [-0.2, 0) is 4.79 Å². The van der Waals surface area contributed by atoms with Crippen LogP contribution in [-0.4, -0.2) is 24.7 Å². The van der Waals surface area contributed by atoms with Crippen LogP contribution in [0.1, 0.15) is 37.9 Å². The molecule has 0 aliphatic carbocycles. The van der Waals surface area contributed by atoms with Gasteiger partial charge in [0.25, 0.3) is 0 Å². The van der Waals surface area contributed by atoms with Crippen LogP contribution in [0.5, 0.6) is 5.75 Å². The van der Waals surface area contributed by atoms with E-state index in [4.69, 9.17) is 4.74 Å². The number of carbonyl (C=O) groups is 1. The standard InChI is InChI=1S/C14H21NO3/c1-3-13(16)11-6-8-12(9-7-11)18-10-4-5-14(17)15-2/h6-9,13,16H,3-5,10H2,1-2H3,(H,15,17)/t13-/m0/s1. The fourth-order valence-electron chi connectivity index (χ4n) is 1.57. The zero-order valence-corrected chi connectivity index (χ0v) is 11.0. The van der Waals surface area contributed by atoms with E-state index < -0.39 is 6.10 Å². The molecule has 100 valence electrons. The number of nitrogens with one attached hydrogen (secondary N) is 1. The van der Waals surface area contributed by atoms with Crippen molar-refractivity contribution in [2.24, 2.45) is 0 Å². The average Bonchev–Trinajstić information content (AvgIpc) is 2.43. The molecule has 0 heterocycles. The predicted molar refractivity (Wildman–Crippen MR) is 70.5 cm³/mol. The lowest BCUT2D eigenvalue weighted by atomic mass is 10.1. The van der Waals surface area contributed by atoms with Crippen LogP contribution in [0.3, 0.4) is 0 Å². The fourth-order valence-corrected chi connectivity index (χ4v) is 1.57. The van der Waals surface area contributed by atoms with Gasteiger partial charge in [-0.1, -0.05) is 19.1 Å². The highest BCUT2D eigenvalue weighted by Crippen LogP contribution is 2.19. The number of aliphatic hydroxyl groups is 1. The Labute approximate surface area is 108 Å². The minimum atomic E-state index is -0.410. The average molecular weight is 251 g/mol. The molecule has 1 aromatic rings. The second-order valence-corrected chi connectivity index (χ2v) is 4.12. The number of aliphatic hydroxyl groups excluding tert-OH is 1. The second kappa shape index (κ2) is 7.71. The summed E-state index contributed by atoms with van der Waals surface area (Å²) in [6.45, 7) is 2.46. The second-order valence-electron chi connectivity index (χ2n) is 4.12. The summed E-state index contributed by atoms with van der Waals surface area (Å²) in [5.41, 5.74) is 0.898. The van der Waals surface area contributed by atoms with Crippen molar-refractivity contribution in [2.45, 2.75) is 32.3 Å². The normalized spacial score (nSPS) is 11.9. The third kappa shape index (κ3) is 4.75. The van der Waals surface area contributed by atoms with Crippen LogP contribution < -0.4 is 10.1 Å². The molecular weight excluding hydrogens is 230 g/mol. The Kier molecular flexibility index (Phi) is 6.22. The number of hydrogen-bond donors (Lipinski definition) is 2. The van der Waals surface area contributed by atoms with Gasteiger partial charge in [0.05, 0.1) is 12.7 Å². The molecule has 4 heteroatoms. The third-order valence-electron chi connectivity index (χ3n) is 2.75. The van der Waals surface area contributed by atoms with E-state index in [1.54, 1.807) is 7.05 Å². The highest BCUT2D eigenvalue weighted by Gasteiger charge is 2.04. The maximum absolute atomic E-state index is 11.0. The Bertz CT molecular complexity index is 362. The molecule has 0 radical (unpaired) electrons. The van der Waals surface area contributed by atoms with Crippen molar-refractivity contribution in [1.82, 2.24) is 5.32 Å². The highest BCUT2D eigenvalue weighted by molar-refractivity contribution is 5.75. The van der Waals surface area contributed by atoms with Crippen LogP contribution in [0, 0.1) is 0 Å². The van der Waals surface area contributed by atoms with Crippen molar-refractivity contribution in [3.63, 3.8) is 0 Å². The Morgan fingerprint density at radius 3 is 2.61 bits per heavy atom. The SMILES string of the molecule is CC[C@H](O)c1ccc(OCCCC(=O)NC)cc1. The lowest BCUT2D eigenvalue weighted by Crippen LogP contribution is -2.18. The van der Waals surface area contributed by atoms with Crippen molar-refractivity contribution in [1.29, 1.82) is 0 Å². The first-order valence-electron chi connectivity index (χ1n) is 6.28. The summed E-state index contributed by atoms with van der Waals surface area (Å²) in [5, 5.41) is 12.2. The van der Waals surface area contributed by atoms with E-state index in [2.05, 4.69) is 5.32 Å². The minimum Gasteiger partial charge on any atom is -0.494 e. The molecule has 4 nitrogen and oxygen atoms in total. The van der Waals surface area contributed by atoms with Gasteiger partial charge in [-0.15, -0.1) is 0 Å². The predicted octanol–water partition coefficient (Wildman–Crippen LogP) is 2.04. The Balaban J connectivity index is 2.33. The molecular formula is C14H21NO3. The summed E-state index contributed by atoms with van der Waals surface area (Å²) in [5.74, 6) is 0.791. The molecule has 0 saturated carbocycles. The first-order chi connectivity index (χ1) is 8.67. The monoisotopic (exact) mass is 251 g/mol. The lowest BCUT2D eigenvalue weighted by Gasteiger charge is -2.10. The van der Waals surface area contributed by atoms with Gasteiger partial charge in [-0.3, -0.25) is 4.79 Å². The molecule has 0 unspecified atom stereocenters. The molecule has 0 aliphatic rings. The molecule has 1 aromatic carbocycles. The summed E-state index contributed by atoms with van der Waals surface area (Å²) in [7, 11) is 1.63. The quantitative estimate of drug-likeness (QED) is 0.729. The summed E-state index contributed by atoms with van der Waals surface area (Å²) < 4.78 is 5.51. The topological polar surface area (TPSA) is 58.6 Å². The first-order valence-corrected chi connectivity index (χ1v) is 6.28. The fraction of sp³-hybridized carbons (Fsp3) is 0.500. The number of carbonyl (C=O) groups excluding carboxylic acids is 1. The Hall–Kier alpha value is -1.55. The summed E-state index contributed by atoms with van der Waals surface area (Å²) in [4.78, 5) is 11.0. The molecule has 0 fully saturated rings. The Morgan fingerprint density at radius 2 is 2.06 bits per heavy atom. The third-order valence-corrected chi connectivity index (χ3v) is 2.75. The van der Waals surface area contributed by atoms with Crippen molar-refractivity contribution in [3.05, 3.63) is 29.8 Å². The van der Waals surface area contributed by atoms with Crippen molar-refractivity contribution >= 4 is 5.91 Å². The van der Waals surface area contributed by atoms with Gasteiger partial charge in [-0.2, -0.15) is 0 Å². The van der Waals surface area contributed by atoms with Crippen molar-refractivity contribution < 1.29 is 14.6 Å². The van der Waals surface area contributed by atoms with Crippen LogP contribution in [0.4, 0.5) is 0 Å². The maximum Gasteiger partial charge on any atom is 0.219 e. The van der Waals surface area contributed by atoms with Crippen LogP contribution >= 0.6 is 0 Å². The molecule has 18 heavy (non-hydrogen) atoms. The molecule has 1 rings (SSSR count). The molecule has 0 spiro atoms. The van der Waals surface area contributed by atoms with E-state index >= 15 is 0 Å². The van der Waals surface area contributed by atoms with Crippen LogP contribution in [0.2, 0.25) is 0 Å². The van der Waals surface area contributed by atoms with Gasteiger partial charge in [0.1, 0.15) is 5.75 Å². The van der Waals surface area contributed by atoms with E-state index in [0.29, 0.717) is 25.9 Å². The van der Waals surface area contributed by atoms with Crippen LogP contribution in [0.25, 0.3) is 0 Å². The maximum atomic E-state index is 11.0. The van der Waals surface area contributed by atoms with E-state index in [0.717, 1.165) is 11.3 Å². The molecule has 0 aliphatic heterocycles. The molecule has 2 N–H and O–H groups in total. The number of ether oxygens (including phenoxy) is 1. The van der Waals surface area contributed by atoms with Crippen molar-refractivity contribution in [2.75, 3.05) is 13.7 Å². The highest BCUT2D eigenvalue weighted by atomic mass is 16.5. The van der Waals surface area contributed by atoms with E-state index in [9.17, 15) is 9.90 Å². The smallest absolute Gasteiger partial charge is 0.219 e. The zero-order chi connectivity index (χ0) is 13.4. The molecule has 0 aromatic heterocycles. The lowest BCUT2D eigenvalue weighted by molar-refractivity contribution is -0.120. The van der Waals surface area contributed by atoms with E-state index in [1.807, 2.05) is 31.2 Å². The Morgan fingerprint density at radius 1 is 1.39 bits per heavy atom.